The average Bonchev–Trinajstić information content (AvgIpc) is 3.01. The van der Waals surface area contributed by atoms with Crippen LogP contribution in [0.4, 0.5) is 17.2 Å². The average molecular weight is 348 g/mol. The fourth-order valence-electron chi connectivity index (χ4n) is 2.82. The standard InChI is InChI=1S/C19H16N4O3/c1-11(24)22-14-9-12(7-8-16(14)25-2)23-19-18-17(20-10-21-19)13-5-3-4-6-15(13)26-18/h3-10H,1-2H3,(H,22,24)(H,20,21,23). The first-order valence-electron chi connectivity index (χ1n) is 8.00. The molecule has 2 aromatic heterocycles. The third-order valence-electron chi connectivity index (χ3n) is 3.93. The molecule has 4 rings (SSSR count). The number of hydrogen-bond donors (Lipinski definition) is 2. The summed E-state index contributed by atoms with van der Waals surface area (Å²) in [6.07, 6.45) is 1.49. The molecule has 0 aliphatic rings. The molecule has 0 radical (unpaired) electrons. The lowest BCUT2D eigenvalue weighted by Crippen LogP contribution is -2.07. The van der Waals surface area contributed by atoms with E-state index in [4.69, 9.17) is 9.15 Å². The van der Waals surface area contributed by atoms with Crippen LogP contribution in [0.25, 0.3) is 22.1 Å². The van der Waals surface area contributed by atoms with Crippen molar-refractivity contribution in [1.29, 1.82) is 0 Å². The van der Waals surface area contributed by atoms with E-state index in [0.717, 1.165) is 22.2 Å². The van der Waals surface area contributed by atoms with Crippen LogP contribution in [0.5, 0.6) is 5.75 Å². The zero-order valence-electron chi connectivity index (χ0n) is 14.2. The number of amides is 1. The number of benzene rings is 2. The summed E-state index contributed by atoms with van der Waals surface area (Å²) in [5, 5.41) is 6.90. The number of nitrogens with one attached hydrogen (secondary N) is 2. The van der Waals surface area contributed by atoms with Crippen LogP contribution in [0, 0.1) is 0 Å². The van der Waals surface area contributed by atoms with Gasteiger partial charge in [-0.05, 0) is 30.3 Å². The monoisotopic (exact) mass is 348 g/mol. The molecule has 4 aromatic rings. The summed E-state index contributed by atoms with van der Waals surface area (Å²) >= 11 is 0. The van der Waals surface area contributed by atoms with Crippen molar-refractivity contribution in [2.75, 3.05) is 17.7 Å². The van der Waals surface area contributed by atoms with E-state index >= 15 is 0 Å². The quantitative estimate of drug-likeness (QED) is 0.577. The summed E-state index contributed by atoms with van der Waals surface area (Å²) in [5.41, 5.74) is 3.37. The molecule has 2 aromatic carbocycles. The highest BCUT2D eigenvalue weighted by Crippen LogP contribution is 2.33. The Bertz CT molecular complexity index is 1120. The second kappa shape index (κ2) is 6.36. The van der Waals surface area contributed by atoms with Crippen molar-refractivity contribution < 1.29 is 13.9 Å². The first-order valence-corrected chi connectivity index (χ1v) is 8.00. The Labute approximate surface area is 149 Å². The van der Waals surface area contributed by atoms with E-state index < -0.39 is 0 Å². The molecule has 0 unspecified atom stereocenters. The maximum atomic E-state index is 11.4. The number of nitrogens with zero attached hydrogens (tertiary/aromatic N) is 2. The van der Waals surface area contributed by atoms with Crippen LogP contribution in [-0.2, 0) is 4.79 Å². The van der Waals surface area contributed by atoms with E-state index in [1.807, 2.05) is 30.3 Å². The number of furan rings is 1. The van der Waals surface area contributed by atoms with Gasteiger partial charge in [0.1, 0.15) is 23.2 Å². The summed E-state index contributed by atoms with van der Waals surface area (Å²) in [7, 11) is 1.55. The molecule has 7 heteroatoms. The van der Waals surface area contributed by atoms with Crippen LogP contribution in [0.15, 0.2) is 53.2 Å². The molecule has 7 nitrogen and oxygen atoms in total. The summed E-state index contributed by atoms with van der Waals surface area (Å²) in [5.74, 6) is 0.939. The molecule has 0 spiro atoms. The molecule has 0 atom stereocenters. The van der Waals surface area contributed by atoms with Crippen molar-refractivity contribution in [3.8, 4) is 5.75 Å². The molecule has 26 heavy (non-hydrogen) atoms. The normalized spacial score (nSPS) is 10.8. The Balaban J connectivity index is 1.76. The number of ether oxygens (including phenoxy) is 1. The minimum absolute atomic E-state index is 0.179. The number of fused-ring (bicyclic) bond motifs is 3. The molecule has 2 N–H and O–H groups in total. The molecule has 0 aliphatic carbocycles. The Morgan fingerprint density at radius 2 is 2.00 bits per heavy atom. The van der Waals surface area contributed by atoms with Gasteiger partial charge in [0.2, 0.25) is 5.91 Å². The number of carbonyl (C=O) groups excluding carboxylic acids is 1. The summed E-state index contributed by atoms with van der Waals surface area (Å²) < 4.78 is 11.2. The van der Waals surface area contributed by atoms with E-state index in [0.29, 0.717) is 22.8 Å². The Kier molecular flexibility index (Phi) is 3.89. The number of hydrogen-bond acceptors (Lipinski definition) is 6. The molecule has 0 fully saturated rings. The van der Waals surface area contributed by atoms with Gasteiger partial charge in [0.15, 0.2) is 11.4 Å². The van der Waals surface area contributed by atoms with Crippen LogP contribution >= 0.6 is 0 Å². The van der Waals surface area contributed by atoms with E-state index in [2.05, 4.69) is 20.6 Å². The lowest BCUT2D eigenvalue weighted by Gasteiger charge is -2.12. The molecule has 1 amide bonds. The van der Waals surface area contributed by atoms with Gasteiger partial charge in [0.05, 0.1) is 12.8 Å². The zero-order valence-corrected chi connectivity index (χ0v) is 14.2. The number of rotatable bonds is 4. The number of aromatic nitrogens is 2. The first kappa shape index (κ1) is 15.9. The van der Waals surface area contributed by atoms with Gasteiger partial charge in [-0.3, -0.25) is 4.79 Å². The Hall–Kier alpha value is -3.61. The van der Waals surface area contributed by atoms with Crippen LogP contribution in [0.2, 0.25) is 0 Å². The third kappa shape index (κ3) is 2.79. The number of para-hydroxylation sites is 1. The van der Waals surface area contributed by atoms with Gasteiger partial charge in [-0.1, -0.05) is 12.1 Å². The minimum atomic E-state index is -0.179. The van der Waals surface area contributed by atoms with Gasteiger partial charge in [-0.15, -0.1) is 0 Å². The predicted octanol–water partition coefficient (Wildman–Crippen LogP) is 4.09. The van der Waals surface area contributed by atoms with E-state index in [1.165, 1.54) is 13.3 Å². The first-order chi connectivity index (χ1) is 12.7. The molecule has 130 valence electrons. The zero-order chi connectivity index (χ0) is 18.1. The fraction of sp³-hybridized carbons (Fsp3) is 0.105. The van der Waals surface area contributed by atoms with Crippen molar-refractivity contribution in [3.63, 3.8) is 0 Å². The molecule has 0 aliphatic heterocycles. The lowest BCUT2D eigenvalue weighted by atomic mass is 10.2. The third-order valence-corrected chi connectivity index (χ3v) is 3.93. The largest absolute Gasteiger partial charge is 0.495 e. The van der Waals surface area contributed by atoms with Crippen molar-refractivity contribution >= 4 is 45.2 Å². The van der Waals surface area contributed by atoms with E-state index in [9.17, 15) is 4.79 Å². The minimum Gasteiger partial charge on any atom is -0.495 e. The number of anilines is 3. The molecule has 0 bridgehead atoms. The van der Waals surface area contributed by atoms with Crippen molar-refractivity contribution in [2.24, 2.45) is 0 Å². The van der Waals surface area contributed by atoms with E-state index in [-0.39, 0.29) is 5.91 Å². The smallest absolute Gasteiger partial charge is 0.221 e. The van der Waals surface area contributed by atoms with Gasteiger partial charge < -0.3 is 19.8 Å². The van der Waals surface area contributed by atoms with Gasteiger partial charge in [0, 0.05) is 18.0 Å². The number of carbonyl (C=O) groups is 1. The van der Waals surface area contributed by atoms with Crippen LogP contribution < -0.4 is 15.4 Å². The molecule has 2 heterocycles. The van der Waals surface area contributed by atoms with Crippen molar-refractivity contribution in [2.45, 2.75) is 6.92 Å². The summed E-state index contributed by atoms with van der Waals surface area (Å²) in [6.45, 7) is 1.45. The van der Waals surface area contributed by atoms with Gasteiger partial charge >= 0.3 is 0 Å². The van der Waals surface area contributed by atoms with Gasteiger partial charge in [-0.2, -0.15) is 0 Å². The maximum Gasteiger partial charge on any atom is 0.221 e. The Morgan fingerprint density at radius 3 is 2.81 bits per heavy atom. The summed E-state index contributed by atoms with van der Waals surface area (Å²) in [6, 6.07) is 13.1. The highest BCUT2D eigenvalue weighted by molar-refractivity contribution is 6.05. The number of methoxy groups -OCH3 is 1. The van der Waals surface area contributed by atoms with Crippen LogP contribution in [0.3, 0.4) is 0 Å². The topological polar surface area (TPSA) is 89.3 Å². The molecule has 0 saturated heterocycles. The fourth-order valence-corrected chi connectivity index (χ4v) is 2.82. The SMILES string of the molecule is COc1ccc(Nc2ncnc3c2oc2ccccc23)cc1NC(C)=O. The Morgan fingerprint density at radius 1 is 1.15 bits per heavy atom. The second-order valence-corrected chi connectivity index (χ2v) is 5.72. The molecular formula is C19H16N4O3. The van der Waals surface area contributed by atoms with E-state index in [1.54, 1.807) is 19.2 Å². The second-order valence-electron chi connectivity index (χ2n) is 5.72. The lowest BCUT2D eigenvalue weighted by molar-refractivity contribution is -0.114. The van der Waals surface area contributed by atoms with Gasteiger partial charge in [-0.25, -0.2) is 9.97 Å². The van der Waals surface area contributed by atoms with Crippen LogP contribution in [0.1, 0.15) is 6.92 Å². The highest BCUT2D eigenvalue weighted by Gasteiger charge is 2.14. The highest BCUT2D eigenvalue weighted by atomic mass is 16.5. The van der Waals surface area contributed by atoms with Crippen molar-refractivity contribution in [3.05, 3.63) is 48.8 Å². The molecular weight excluding hydrogens is 332 g/mol. The van der Waals surface area contributed by atoms with Gasteiger partial charge in [0.25, 0.3) is 0 Å². The summed E-state index contributed by atoms with van der Waals surface area (Å²) in [4.78, 5) is 20.0. The van der Waals surface area contributed by atoms with Crippen molar-refractivity contribution in [1.82, 2.24) is 9.97 Å². The predicted molar refractivity (Wildman–Crippen MR) is 99.9 cm³/mol. The maximum absolute atomic E-state index is 11.4. The molecule has 0 saturated carbocycles. The van der Waals surface area contributed by atoms with Crippen LogP contribution in [-0.4, -0.2) is 23.0 Å².